The Hall–Kier alpha value is -3.09. The summed E-state index contributed by atoms with van der Waals surface area (Å²) in [7, 11) is 2.28. The fourth-order valence-electron chi connectivity index (χ4n) is 4.08. The standard InChI is InChI=1S/C23H24Cl2N4O5/c1-33-22(31)17-19(28-14-8-4-3-5-9-14)15(11-26)21(30)29(20(17)23(32)34-2)27-12-13-7-6-10-16(24)18(13)25/h6-7,10,12,14-15,20,28H,3-5,8-9H2,1-2H3/b27-12+. The number of hydrazone groups is 1. The van der Waals surface area contributed by atoms with Crippen molar-refractivity contribution < 1.29 is 23.9 Å². The number of carbonyl (C=O) groups is 3. The van der Waals surface area contributed by atoms with Gasteiger partial charge in [-0.25, -0.2) is 14.6 Å². The molecule has 1 aliphatic carbocycles. The number of methoxy groups -OCH3 is 2. The van der Waals surface area contributed by atoms with Crippen LogP contribution in [0.3, 0.4) is 0 Å². The van der Waals surface area contributed by atoms with E-state index in [0.717, 1.165) is 51.3 Å². The predicted octanol–water partition coefficient (Wildman–Crippen LogP) is 3.20. The lowest BCUT2D eigenvalue weighted by molar-refractivity contribution is -0.155. The Morgan fingerprint density at radius 1 is 1.21 bits per heavy atom. The van der Waals surface area contributed by atoms with Crippen LogP contribution < -0.4 is 5.32 Å². The van der Waals surface area contributed by atoms with E-state index >= 15 is 0 Å². The van der Waals surface area contributed by atoms with Crippen LogP contribution in [0, 0.1) is 17.2 Å². The summed E-state index contributed by atoms with van der Waals surface area (Å²) in [5.74, 6) is -3.98. The molecule has 2 aliphatic rings. The van der Waals surface area contributed by atoms with Gasteiger partial charge in [0.2, 0.25) is 0 Å². The highest BCUT2D eigenvalue weighted by atomic mass is 35.5. The second kappa shape index (κ2) is 11.4. The lowest BCUT2D eigenvalue weighted by atomic mass is 9.88. The minimum Gasteiger partial charge on any atom is -0.467 e. The first-order chi connectivity index (χ1) is 16.3. The molecule has 1 N–H and O–H groups in total. The highest BCUT2D eigenvalue weighted by Crippen LogP contribution is 2.32. The van der Waals surface area contributed by atoms with Crippen molar-refractivity contribution in [1.82, 2.24) is 10.3 Å². The highest BCUT2D eigenvalue weighted by Gasteiger charge is 2.49. The molecular weight excluding hydrogens is 483 g/mol. The van der Waals surface area contributed by atoms with Gasteiger partial charge in [-0.3, -0.25) is 4.79 Å². The molecule has 9 nitrogen and oxygen atoms in total. The van der Waals surface area contributed by atoms with Crippen molar-refractivity contribution in [3.05, 3.63) is 45.1 Å². The molecule has 2 atom stereocenters. The Labute approximate surface area is 207 Å². The fraction of sp³-hybridized carbons (Fsp3) is 0.435. The largest absolute Gasteiger partial charge is 0.467 e. The molecule has 1 aromatic rings. The average molecular weight is 507 g/mol. The molecule has 2 unspecified atom stereocenters. The molecule has 3 rings (SSSR count). The van der Waals surface area contributed by atoms with Crippen LogP contribution in [-0.4, -0.2) is 55.4 Å². The van der Waals surface area contributed by atoms with Gasteiger partial charge in [-0.15, -0.1) is 0 Å². The number of halogens is 2. The van der Waals surface area contributed by atoms with Gasteiger partial charge in [-0.05, 0) is 18.9 Å². The molecule has 1 aromatic carbocycles. The third-order valence-corrected chi connectivity index (χ3v) is 6.63. The Morgan fingerprint density at radius 3 is 2.53 bits per heavy atom. The molecule has 180 valence electrons. The number of rotatable bonds is 6. The van der Waals surface area contributed by atoms with E-state index in [4.69, 9.17) is 32.7 Å². The number of benzene rings is 1. The monoisotopic (exact) mass is 506 g/mol. The second-order valence-electron chi connectivity index (χ2n) is 7.86. The SMILES string of the molecule is COC(=O)C1=C(NC2CCCCC2)C(C#N)C(=O)N(/N=C/c2cccc(Cl)c2Cl)C1C(=O)OC. The maximum Gasteiger partial charge on any atom is 0.338 e. The van der Waals surface area contributed by atoms with E-state index in [2.05, 4.69) is 10.4 Å². The third-order valence-electron chi connectivity index (χ3n) is 5.80. The molecular formula is C23H24Cl2N4O5. The van der Waals surface area contributed by atoms with E-state index in [-0.39, 0.29) is 27.4 Å². The number of hydrogen-bond donors (Lipinski definition) is 1. The fourth-order valence-corrected chi connectivity index (χ4v) is 4.44. The Kier molecular flexibility index (Phi) is 8.53. The predicted molar refractivity (Wildman–Crippen MR) is 125 cm³/mol. The first kappa shape index (κ1) is 25.5. The Morgan fingerprint density at radius 2 is 1.91 bits per heavy atom. The van der Waals surface area contributed by atoms with Crippen molar-refractivity contribution in [2.24, 2.45) is 11.0 Å². The number of hydrogen-bond acceptors (Lipinski definition) is 8. The number of ether oxygens (including phenoxy) is 2. The van der Waals surface area contributed by atoms with Crippen LogP contribution in [0.1, 0.15) is 37.7 Å². The minimum atomic E-state index is -1.56. The quantitative estimate of drug-likeness (QED) is 0.464. The molecule has 1 saturated carbocycles. The van der Waals surface area contributed by atoms with Crippen LogP contribution in [0.15, 0.2) is 34.6 Å². The van der Waals surface area contributed by atoms with Gasteiger partial charge in [-0.1, -0.05) is 54.6 Å². The molecule has 0 aromatic heterocycles. The summed E-state index contributed by atoms with van der Waals surface area (Å²) in [5, 5.41) is 18.4. The lowest BCUT2D eigenvalue weighted by Crippen LogP contribution is -2.55. The van der Waals surface area contributed by atoms with Gasteiger partial charge in [0.1, 0.15) is 0 Å². The molecule has 1 aliphatic heterocycles. The summed E-state index contributed by atoms with van der Waals surface area (Å²) in [4.78, 5) is 39.1. The smallest absolute Gasteiger partial charge is 0.338 e. The zero-order chi connectivity index (χ0) is 24.8. The van der Waals surface area contributed by atoms with Crippen molar-refractivity contribution in [2.75, 3.05) is 14.2 Å². The van der Waals surface area contributed by atoms with Gasteiger partial charge in [0, 0.05) is 11.6 Å². The average Bonchev–Trinajstić information content (AvgIpc) is 2.85. The normalized spacial score (nSPS) is 21.4. The summed E-state index contributed by atoms with van der Waals surface area (Å²) in [6.07, 6.45) is 5.87. The number of esters is 2. The van der Waals surface area contributed by atoms with Crippen LogP contribution in [0.4, 0.5) is 0 Å². The molecule has 11 heteroatoms. The van der Waals surface area contributed by atoms with E-state index in [1.54, 1.807) is 18.2 Å². The minimum absolute atomic E-state index is 0.0499. The van der Waals surface area contributed by atoms with Crippen LogP contribution in [0.2, 0.25) is 10.0 Å². The summed E-state index contributed by atoms with van der Waals surface area (Å²) < 4.78 is 9.81. The van der Waals surface area contributed by atoms with E-state index in [1.807, 2.05) is 6.07 Å². The van der Waals surface area contributed by atoms with Crippen molar-refractivity contribution >= 4 is 47.3 Å². The third kappa shape index (κ3) is 5.18. The topological polar surface area (TPSA) is 121 Å². The molecule has 34 heavy (non-hydrogen) atoms. The molecule has 1 amide bonds. The molecule has 1 heterocycles. The summed E-state index contributed by atoms with van der Waals surface area (Å²) in [5.41, 5.74) is 0.225. The summed E-state index contributed by atoms with van der Waals surface area (Å²) >= 11 is 12.2. The zero-order valence-corrected chi connectivity index (χ0v) is 20.2. The number of carbonyl (C=O) groups excluding carboxylic acids is 3. The van der Waals surface area contributed by atoms with Gasteiger partial charge in [0.15, 0.2) is 12.0 Å². The van der Waals surface area contributed by atoms with Crippen molar-refractivity contribution in [3.63, 3.8) is 0 Å². The highest BCUT2D eigenvalue weighted by molar-refractivity contribution is 6.43. The molecule has 0 saturated heterocycles. The van der Waals surface area contributed by atoms with Crippen molar-refractivity contribution in [3.8, 4) is 6.07 Å². The molecule has 0 spiro atoms. The van der Waals surface area contributed by atoms with Crippen LogP contribution in [-0.2, 0) is 23.9 Å². The van der Waals surface area contributed by atoms with Gasteiger partial charge < -0.3 is 14.8 Å². The molecule has 0 radical (unpaired) electrons. The lowest BCUT2D eigenvalue weighted by Gasteiger charge is -2.37. The first-order valence-corrected chi connectivity index (χ1v) is 11.5. The molecule has 1 fully saturated rings. The van der Waals surface area contributed by atoms with Crippen LogP contribution >= 0.6 is 23.2 Å². The van der Waals surface area contributed by atoms with E-state index in [9.17, 15) is 19.6 Å². The van der Waals surface area contributed by atoms with E-state index in [0.29, 0.717) is 5.56 Å². The maximum atomic E-state index is 13.4. The summed E-state index contributed by atoms with van der Waals surface area (Å²) in [6.45, 7) is 0. The van der Waals surface area contributed by atoms with E-state index < -0.39 is 29.8 Å². The number of nitrogens with zero attached hydrogens (tertiary/aromatic N) is 3. The number of amides is 1. The number of nitrogens with one attached hydrogen (secondary N) is 1. The number of nitriles is 1. The van der Waals surface area contributed by atoms with Gasteiger partial charge >= 0.3 is 11.9 Å². The Balaban J connectivity index is 2.13. The van der Waals surface area contributed by atoms with Gasteiger partial charge in [-0.2, -0.15) is 10.4 Å². The van der Waals surface area contributed by atoms with Crippen LogP contribution in [0.25, 0.3) is 0 Å². The zero-order valence-electron chi connectivity index (χ0n) is 18.7. The van der Waals surface area contributed by atoms with Gasteiger partial charge in [0.05, 0.1) is 47.8 Å². The Bertz CT molecular complexity index is 1080. The van der Waals surface area contributed by atoms with Crippen LogP contribution in [0.5, 0.6) is 0 Å². The molecule has 0 bridgehead atoms. The second-order valence-corrected chi connectivity index (χ2v) is 8.64. The van der Waals surface area contributed by atoms with E-state index in [1.165, 1.54) is 6.21 Å². The maximum absolute atomic E-state index is 13.4. The van der Waals surface area contributed by atoms with Crippen molar-refractivity contribution in [2.45, 2.75) is 44.2 Å². The van der Waals surface area contributed by atoms with Gasteiger partial charge in [0.25, 0.3) is 5.91 Å². The summed E-state index contributed by atoms with van der Waals surface area (Å²) in [6, 6.07) is 5.15. The first-order valence-electron chi connectivity index (χ1n) is 10.7. The van der Waals surface area contributed by atoms with Crippen molar-refractivity contribution in [1.29, 1.82) is 5.26 Å².